The van der Waals surface area contributed by atoms with E-state index in [2.05, 4.69) is 15.0 Å². The van der Waals surface area contributed by atoms with E-state index in [1.807, 2.05) is 0 Å². The van der Waals surface area contributed by atoms with Gasteiger partial charge in [0.25, 0.3) is 5.56 Å². The van der Waals surface area contributed by atoms with Crippen LogP contribution in [0.4, 0.5) is 5.95 Å². The number of ether oxygens (including phenoxy) is 3. The molecule has 4 atom stereocenters. The average Bonchev–Trinajstić information content (AvgIpc) is 3.08. The second kappa shape index (κ2) is 6.72. The molecular weight excluding hydrogens is 350 g/mol. The summed E-state index contributed by atoms with van der Waals surface area (Å²) in [5.41, 5.74) is 5.09. The summed E-state index contributed by atoms with van der Waals surface area (Å²) in [5.74, 6) is -1.33. The van der Waals surface area contributed by atoms with Crippen molar-refractivity contribution in [3.63, 3.8) is 0 Å². The number of carbonyl (C=O) groups excluding carboxylic acids is 2. The van der Waals surface area contributed by atoms with Crippen LogP contribution in [0, 0.1) is 0 Å². The maximum absolute atomic E-state index is 11.9. The first kappa shape index (κ1) is 17.8. The first-order valence-corrected chi connectivity index (χ1v) is 7.64. The van der Waals surface area contributed by atoms with Crippen molar-refractivity contribution in [2.24, 2.45) is 0 Å². The molecule has 0 aliphatic carbocycles. The molecule has 26 heavy (non-hydrogen) atoms. The fourth-order valence-corrected chi connectivity index (χ4v) is 2.75. The first-order valence-electron chi connectivity index (χ1n) is 7.64. The van der Waals surface area contributed by atoms with Crippen LogP contribution in [0.1, 0.15) is 20.1 Å². The maximum Gasteiger partial charge on any atom is 0.303 e. The van der Waals surface area contributed by atoms with Gasteiger partial charge in [-0.1, -0.05) is 0 Å². The zero-order valence-corrected chi connectivity index (χ0v) is 13.9. The molecule has 3 heterocycles. The molecule has 0 unspecified atom stereocenters. The Morgan fingerprint density at radius 2 is 2.15 bits per heavy atom. The number of aliphatic hydroxyl groups is 1. The van der Waals surface area contributed by atoms with Gasteiger partial charge < -0.3 is 25.1 Å². The van der Waals surface area contributed by atoms with E-state index in [0.29, 0.717) is 0 Å². The molecule has 12 nitrogen and oxygen atoms in total. The minimum absolute atomic E-state index is 0.00229. The van der Waals surface area contributed by atoms with Gasteiger partial charge in [-0.3, -0.25) is 23.9 Å². The van der Waals surface area contributed by atoms with E-state index in [9.17, 15) is 19.5 Å². The zero-order chi connectivity index (χ0) is 19.0. The normalized spacial score (nSPS) is 25.3. The van der Waals surface area contributed by atoms with Crippen molar-refractivity contribution in [3.8, 4) is 0 Å². The van der Waals surface area contributed by atoms with Gasteiger partial charge in [-0.25, -0.2) is 4.98 Å². The van der Waals surface area contributed by atoms with Crippen LogP contribution in [0.2, 0.25) is 0 Å². The van der Waals surface area contributed by atoms with Crippen molar-refractivity contribution in [2.75, 3.05) is 12.3 Å². The maximum atomic E-state index is 11.9. The number of esters is 2. The monoisotopic (exact) mass is 367 g/mol. The van der Waals surface area contributed by atoms with Gasteiger partial charge in [-0.05, 0) is 0 Å². The smallest absolute Gasteiger partial charge is 0.303 e. The highest BCUT2D eigenvalue weighted by atomic mass is 16.6. The number of aromatic nitrogens is 4. The fourth-order valence-electron chi connectivity index (χ4n) is 2.75. The Bertz CT molecular complexity index is 907. The number of nitrogen functional groups attached to an aromatic ring is 1. The van der Waals surface area contributed by atoms with Crippen molar-refractivity contribution >= 4 is 29.1 Å². The predicted molar refractivity (Wildman–Crippen MR) is 84.7 cm³/mol. The minimum atomic E-state index is -1.32. The van der Waals surface area contributed by atoms with E-state index in [1.165, 1.54) is 24.7 Å². The van der Waals surface area contributed by atoms with Gasteiger partial charge in [-0.15, -0.1) is 0 Å². The number of hydrogen-bond acceptors (Lipinski definition) is 10. The quantitative estimate of drug-likeness (QED) is 0.537. The third-order valence-electron chi connectivity index (χ3n) is 3.79. The summed E-state index contributed by atoms with van der Waals surface area (Å²) in [6.07, 6.45) is -3.16. The van der Waals surface area contributed by atoms with Gasteiger partial charge in [0, 0.05) is 13.8 Å². The molecule has 1 saturated heterocycles. The molecule has 0 aromatic carbocycles. The van der Waals surface area contributed by atoms with Crippen molar-refractivity contribution in [1.82, 2.24) is 19.5 Å². The Kier molecular flexibility index (Phi) is 4.61. The van der Waals surface area contributed by atoms with Crippen LogP contribution < -0.4 is 11.3 Å². The van der Waals surface area contributed by atoms with Crippen molar-refractivity contribution in [1.29, 1.82) is 0 Å². The van der Waals surface area contributed by atoms with Crippen LogP contribution in [-0.4, -0.2) is 61.5 Å². The number of hydrogen-bond donors (Lipinski definition) is 3. The predicted octanol–water partition coefficient (Wildman–Crippen LogP) is -1.55. The summed E-state index contributed by atoms with van der Waals surface area (Å²) in [7, 11) is 0. The van der Waals surface area contributed by atoms with Crippen molar-refractivity contribution in [2.45, 2.75) is 38.4 Å². The van der Waals surface area contributed by atoms with E-state index in [-0.39, 0.29) is 23.7 Å². The lowest BCUT2D eigenvalue weighted by atomic mass is 10.1. The van der Waals surface area contributed by atoms with Gasteiger partial charge in [0.1, 0.15) is 18.8 Å². The Labute approximate surface area is 145 Å². The van der Waals surface area contributed by atoms with Gasteiger partial charge in [0.05, 0.1) is 6.33 Å². The number of H-pyrrole nitrogens is 1. The van der Waals surface area contributed by atoms with Gasteiger partial charge in [0.15, 0.2) is 23.5 Å². The molecule has 3 rings (SSSR count). The summed E-state index contributed by atoms with van der Waals surface area (Å²) in [4.78, 5) is 44.5. The molecule has 1 fully saturated rings. The van der Waals surface area contributed by atoms with E-state index in [1.54, 1.807) is 0 Å². The number of nitrogens with one attached hydrogen (secondary N) is 1. The second-order valence-corrected chi connectivity index (χ2v) is 5.71. The minimum Gasteiger partial charge on any atom is -0.463 e. The molecule has 4 N–H and O–H groups in total. The summed E-state index contributed by atoms with van der Waals surface area (Å²) in [6.45, 7) is 2.16. The fraction of sp³-hybridized carbons (Fsp3) is 0.500. The van der Waals surface area contributed by atoms with E-state index >= 15 is 0 Å². The van der Waals surface area contributed by atoms with Crippen LogP contribution in [0.3, 0.4) is 0 Å². The van der Waals surface area contributed by atoms with Crippen molar-refractivity contribution in [3.05, 3.63) is 16.7 Å². The summed E-state index contributed by atoms with van der Waals surface area (Å²) in [6, 6.07) is 0. The number of carbonyl (C=O) groups is 2. The van der Waals surface area contributed by atoms with Crippen LogP contribution in [0.15, 0.2) is 11.1 Å². The third kappa shape index (κ3) is 3.23. The lowest BCUT2D eigenvalue weighted by molar-refractivity contribution is -0.157. The standard InChI is InChI=1S/C14H17N5O7/c1-5(20)24-3-7-10(25-6(2)21)9(22)13(26-7)19-4-16-8-11(19)17-14(15)18-12(8)23/h4,7,9-10,13,22H,3H2,1-2H3,(H3,15,17,18,23)/t7-,9-,10-,13-/m1/s1. The highest BCUT2D eigenvalue weighted by Crippen LogP contribution is 2.33. The van der Waals surface area contributed by atoms with E-state index < -0.39 is 42.0 Å². The molecule has 0 radical (unpaired) electrons. The SMILES string of the molecule is CC(=O)OC[C@H]1O[C@@H](n2cnc3c(=O)[nH]c(N)nc32)[C@H](O)[C@@H]1OC(C)=O. The average molecular weight is 367 g/mol. The molecule has 1 aliphatic heterocycles. The number of rotatable bonds is 4. The highest BCUT2D eigenvalue weighted by molar-refractivity contribution is 5.70. The Balaban J connectivity index is 1.96. The summed E-state index contributed by atoms with van der Waals surface area (Å²) >= 11 is 0. The van der Waals surface area contributed by atoms with Gasteiger partial charge in [0.2, 0.25) is 5.95 Å². The number of fused-ring (bicyclic) bond motifs is 1. The lowest BCUT2D eigenvalue weighted by Gasteiger charge is -2.19. The Hall–Kier alpha value is -2.99. The van der Waals surface area contributed by atoms with Crippen LogP contribution in [-0.2, 0) is 23.8 Å². The number of imidazole rings is 1. The summed E-state index contributed by atoms with van der Waals surface area (Å²) in [5, 5.41) is 10.6. The molecule has 2 aromatic rings. The molecule has 1 aliphatic rings. The molecule has 2 aromatic heterocycles. The Morgan fingerprint density at radius 3 is 2.81 bits per heavy atom. The number of nitrogens with zero attached hydrogens (tertiary/aromatic N) is 3. The number of anilines is 1. The Morgan fingerprint density at radius 1 is 1.42 bits per heavy atom. The molecule has 12 heteroatoms. The van der Waals surface area contributed by atoms with Gasteiger partial charge in [-0.2, -0.15) is 4.98 Å². The first-order chi connectivity index (χ1) is 12.3. The van der Waals surface area contributed by atoms with Crippen LogP contribution >= 0.6 is 0 Å². The van der Waals surface area contributed by atoms with E-state index in [0.717, 1.165) is 0 Å². The highest BCUT2D eigenvalue weighted by Gasteiger charge is 2.48. The van der Waals surface area contributed by atoms with Crippen LogP contribution in [0.5, 0.6) is 0 Å². The molecule has 0 bridgehead atoms. The summed E-state index contributed by atoms with van der Waals surface area (Å²) < 4.78 is 17.0. The lowest BCUT2D eigenvalue weighted by Crippen LogP contribution is -2.38. The zero-order valence-electron chi connectivity index (χ0n) is 13.9. The van der Waals surface area contributed by atoms with Crippen molar-refractivity contribution < 1.29 is 28.9 Å². The molecular formula is C14H17N5O7. The number of aromatic amines is 1. The van der Waals surface area contributed by atoms with Crippen LogP contribution in [0.25, 0.3) is 11.2 Å². The topological polar surface area (TPSA) is 172 Å². The third-order valence-corrected chi connectivity index (χ3v) is 3.79. The second-order valence-electron chi connectivity index (χ2n) is 5.71. The molecule has 0 amide bonds. The molecule has 140 valence electrons. The number of aliphatic hydroxyl groups excluding tert-OH is 1. The molecule has 0 spiro atoms. The molecule has 0 saturated carbocycles. The largest absolute Gasteiger partial charge is 0.463 e. The van der Waals surface area contributed by atoms with Gasteiger partial charge >= 0.3 is 11.9 Å². The van der Waals surface area contributed by atoms with E-state index in [4.69, 9.17) is 19.9 Å². The number of nitrogens with two attached hydrogens (primary N) is 1.